The van der Waals surface area contributed by atoms with Gasteiger partial charge in [-0.2, -0.15) is 26.3 Å². The van der Waals surface area contributed by atoms with Crippen LogP contribution in [0.1, 0.15) is 34.6 Å². The third kappa shape index (κ3) is 10.1. The molecule has 3 N–H and O–H groups in total. The molecule has 258 valence electrons. The van der Waals surface area contributed by atoms with E-state index < -0.39 is 24.3 Å². The number of anilines is 1. The summed E-state index contributed by atoms with van der Waals surface area (Å²) in [6.45, 7) is 3.93. The Morgan fingerprint density at radius 2 is 1.54 bits per heavy atom. The number of fused-ring (bicyclic) bond motifs is 1. The predicted molar refractivity (Wildman–Crippen MR) is 161 cm³/mol. The highest BCUT2D eigenvalue weighted by atomic mass is 35.5. The number of carboxylic acids is 2. The molecule has 0 aliphatic rings. The number of carbonyl (C=O) groups excluding carboxylic acids is 1. The molecule has 0 spiro atoms. The zero-order valence-electron chi connectivity index (χ0n) is 25.6. The topological polar surface area (TPSA) is 168 Å². The summed E-state index contributed by atoms with van der Waals surface area (Å²) in [5.74, 6) is -4.39. The fourth-order valence-electron chi connectivity index (χ4n) is 3.81. The zero-order valence-corrected chi connectivity index (χ0v) is 26.4. The van der Waals surface area contributed by atoms with Crippen LogP contribution in [0.3, 0.4) is 0 Å². The van der Waals surface area contributed by atoms with Gasteiger partial charge in [0.15, 0.2) is 5.82 Å². The van der Waals surface area contributed by atoms with Gasteiger partial charge in [0.25, 0.3) is 5.91 Å². The van der Waals surface area contributed by atoms with Crippen molar-refractivity contribution in [1.82, 2.24) is 24.8 Å². The smallest absolute Gasteiger partial charge is 0.490 e. The number of rotatable bonds is 6. The lowest BCUT2D eigenvalue weighted by Gasteiger charge is -2.23. The van der Waals surface area contributed by atoms with Gasteiger partial charge in [0.1, 0.15) is 23.3 Å². The molecule has 0 bridgehead atoms. The van der Waals surface area contributed by atoms with E-state index in [1.165, 1.54) is 11.2 Å². The molecular weight excluding hydrogens is 678 g/mol. The number of hydrogen-bond donors (Lipinski definition) is 3. The average molecular weight is 705 g/mol. The Morgan fingerprint density at radius 1 is 0.958 bits per heavy atom. The molecule has 19 heteroatoms. The zero-order chi connectivity index (χ0) is 36.6. The minimum Gasteiger partial charge on any atom is -0.496 e. The molecule has 0 saturated carbocycles. The summed E-state index contributed by atoms with van der Waals surface area (Å²) in [7, 11) is 5.01. The van der Waals surface area contributed by atoms with Crippen LogP contribution < -0.4 is 10.1 Å². The van der Waals surface area contributed by atoms with Crippen LogP contribution >= 0.6 is 11.6 Å². The number of aliphatic carboxylic acids is 2. The van der Waals surface area contributed by atoms with Crippen molar-refractivity contribution in [1.29, 1.82) is 0 Å². The molecule has 4 rings (SSSR count). The lowest BCUT2D eigenvalue weighted by atomic mass is 9.94. The predicted octanol–water partition coefficient (Wildman–Crippen LogP) is 6.20. The lowest BCUT2D eigenvalue weighted by Crippen LogP contribution is -2.22. The summed E-state index contributed by atoms with van der Waals surface area (Å²) < 4.78 is 69.4. The summed E-state index contributed by atoms with van der Waals surface area (Å²) >= 11 is 6.66. The Hall–Kier alpha value is -5.26. The van der Waals surface area contributed by atoms with Crippen molar-refractivity contribution < 1.29 is 55.7 Å². The lowest BCUT2D eigenvalue weighted by molar-refractivity contribution is -0.193. The van der Waals surface area contributed by atoms with E-state index >= 15 is 0 Å². The highest BCUT2D eigenvalue weighted by Crippen LogP contribution is 2.42. The van der Waals surface area contributed by atoms with E-state index in [4.69, 9.17) is 36.1 Å². The summed E-state index contributed by atoms with van der Waals surface area (Å²) in [6.07, 6.45) is -5.28. The number of pyridine rings is 2. The van der Waals surface area contributed by atoms with Crippen LogP contribution in [-0.2, 0) is 9.59 Å². The molecule has 4 aromatic rings. The molecule has 3 aromatic heterocycles. The second-order valence-corrected chi connectivity index (χ2v) is 10.1. The average Bonchev–Trinajstić information content (AvgIpc) is 3.01. The van der Waals surface area contributed by atoms with Crippen LogP contribution in [0, 0.1) is 6.92 Å². The van der Waals surface area contributed by atoms with Gasteiger partial charge < -0.3 is 25.2 Å². The molecule has 0 aliphatic carbocycles. The van der Waals surface area contributed by atoms with Crippen LogP contribution in [0.25, 0.3) is 22.2 Å². The number of nitrogens with zero attached hydrogens (tertiary/aromatic N) is 5. The third-order valence-electron chi connectivity index (χ3n) is 6.09. The maximum atomic E-state index is 12.2. The second kappa shape index (κ2) is 16.0. The SMILES string of the molecule is COc1c([C@H](C)Nc2ncnc3cccnc23)cc(Cl)c(C)c1-c1ccc(C(=O)N(C)C)nc1.O=C(O)C(F)(F)F.O=C(O)C(F)(F)F. The van der Waals surface area contributed by atoms with Gasteiger partial charge in [-0.15, -0.1) is 0 Å². The molecule has 48 heavy (non-hydrogen) atoms. The van der Waals surface area contributed by atoms with Gasteiger partial charge in [0, 0.05) is 48.2 Å². The number of alkyl halides is 6. The number of halogens is 7. The molecular formula is C29H27ClF6N6O6. The number of nitrogens with one attached hydrogen (secondary N) is 1. The largest absolute Gasteiger partial charge is 0.496 e. The number of aromatic nitrogens is 4. The van der Waals surface area contributed by atoms with Crippen LogP contribution in [0.4, 0.5) is 32.2 Å². The molecule has 0 fully saturated rings. The highest BCUT2D eigenvalue weighted by molar-refractivity contribution is 6.32. The maximum absolute atomic E-state index is 12.2. The fraction of sp³-hybridized carbons (Fsp3) is 0.276. The molecule has 0 unspecified atom stereocenters. The first-order chi connectivity index (χ1) is 22.2. The van der Waals surface area contributed by atoms with Crippen molar-refractivity contribution in [3.63, 3.8) is 0 Å². The van der Waals surface area contributed by atoms with Gasteiger partial charge in [-0.3, -0.25) is 14.8 Å². The first-order valence-corrected chi connectivity index (χ1v) is 13.6. The normalized spacial score (nSPS) is 11.7. The molecule has 1 atom stereocenters. The van der Waals surface area contributed by atoms with Crippen molar-refractivity contribution in [3.8, 4) is 16.9 Å². The minimum absolute atomic E-state index is 0.162. The first kappa shape index (κ1) is 38.9. The van der Waals surface area contributed by atoms with Gasteiger partial charge in [-0.05, 0) is 43.7 Å². The van der Waals surface area contributed by atoms with E-state index in [2.05, 4.69) is 25.3 Å². The quantitative estimate of drug-likeness (QED) is 0.196. The summed E-state index contributed by atoms with van der Waals surface area (Å²) in [6, 6.07) is 8.97. The Bertz CT molecular complexity index is 1740. The van der Waals surface area contributed by atoms with Crippen molar-refractivity contribution in [2.45, 2.75) is 32.2 Å². The molecule has 0 radical (unpaired) electrons. The van der Waals surface area contributed by atoms with Crippen molar-refractivity contribution in [3.05, 3.63) is 70.9 Å². The Kier molecular flexibility index (Phi) is 13.0. The third-order valence-corrected chi connectivity index (χ3v) is 6.48. The van der Waals surface area contributed by atoms with Crippen LogP contribution in [-0.4, -0.2) is 86.5 Å². The Balaban J connectivity index is 0.000000479. The Labute approximate surface area is 273 Å². The minimum atomic E-state index is -5.08. The molecule has 1 aromatic carbocycles. The van der Waals surface area contributed by atoms with Gasteiger partial charge in [-0.1, -0.05) is 17.7 Å². The van der Waals surface area contributed by atoms with Gasteiger partial charge in [0.05, 0.1) is 18.7 Å². The molecule has 12 nitrogen and oxygen atoms in total. The van der Waals surface area contributed by atoms with E-state index in [9.17, 15) is 31.1 Å². The van der Waals surface area contributed by atoms with Crippen LogP contribution in [0.5, 0.6) is 5.75 Å². The molecule has 0 saturated heterocycles. The van der Waals surface area contributed by atoms with E-state index in [-0.39, 0.29) is 11.9 Å². The number of hydrogen-bond acceptors (Lipinski definition) is 9. The summed E-state index contributed by atoms with van der Waals surface area (Å²) in [4.78, 5) is 49.0. The van der Waals surface area contributed by atoms with Gasteiger partial charge in [0.2, 0.25) is 0 Å². The highest BCUT2D eigenvalue weighted by Gasteiger charge is 2.39. The van der Waals surface area contributed by atoms with E-state index in [1.54, 1.807) is 39.7 Å². The van der Waals surface area contributed by atoms with Crippen molar-refractivity contribution in [2.75, 3.05) is 26.5 Å². The number of amides is 1. The van der Waals surface area contributed by atoms with E-state index in [0.717, 1.165) is 27.8 Å². The second-order valence-electron chi connectivity index (χ2n) is 9.68. The Morgan fingerprint density at radius 3 is 2.02 bits per heavy atom. The first-order valence-electron chi connectivity index (χ1n) is 13.2. The van der Waals surface area contributed by atoms with Crippen LogP contribution in [0.15, 0.2) is 49.1 Å². The standard InChI is InChI=1S/C25H25ClN6O2.2C2HF3O2/c1-14-18(26)11-17(15(2)31-24-22-19(29-13-30-24)7-6-10-27-22)23(34-5)21(14)16-8-9-20(28-12-16)25(33)32(3)4;2*3-2(4,5)1(6)7/h6-13,15H,1-5H3,(H,29,30,31);2*(H,6,7)/t15-;;/m0../s1. The number of carboxylic acid groups (broad SMARTS) is 2. The number of carbonyl (C=O) groups is 3. The summed E-state index contributed by atoms with van der Waals surface area (Å²) in [5.41, 5.74) is 5.13. The molecule has 0 aliphatic heterocycles. The van der Waals surface area contributed by atoms with E-state index in [1.807, 2.05) is 38.1 Å². The van der Waals surface area contributed by atoms with Crippen molar-refractivity contribution >= 4 is 46.3 Å². The summed E-state index contributed by atoms with van der Waals surface area (Å²) in [5, 5.41) is 18.3. The van der Waals surface area contributed by atoms with Gasteiger partial charge in [-0.25, -0.2) is 19.6 Å². The number of ether oxygens (including phenoxy) is 1. The van der Waals surface area contributed by atoms with E-state index in [0.29, 0.717) is 27.8 Å². The maximum Gasteiger partial charge on any atom is 0.490 e. The molecule has 3 heterocycles. The molecule has 1 amide bonds. The fourth-order valence-corrected chi connectivity index (χ4v) is 4.02. The number of benzene rings is 1. The number of methoxy groups -OCH3 is 1. The van der Waals surface area contributed by atoms with Crippen molar-refractivity contribution in [2.24, 2.45) is 0 Å². The van der Waals surface area contributed by atoms with Crippen LogP contribution in [0.2, 0.25) is 5.02 Å². The monoisotopic (exact) mass is 704 g/mol. The van der Waals surface area contributed by atoms with Gasteiger partial charge >= 0.3 is 24.3 Å².